The number of benzene rings is 1. The number of nitrogens with zero attached hydrogens (tertiary/aromatic N) is 1. The summed E-state index contributed by atoms with van der Waals surface area (Å²) in [5.41, 5.74) is 1.13. The van der Waals surface area contributed by atoms with E-state index in [2.05, 4.69) is 27.8 Å². The van der Waals surface area contributed by atoms with E-state index < -0.39 is 36.3 Å². The number of ether oxygens (including phenoxy) is 1. The number of aromatic nitrogens is 1. The second kappa shape index (κ2) is 9.58. The van der Waals surface area contributed by atoms with Gasteiger partial charge in [0.1, 0.15) is 24.1 Å². The van der Waals surface area contributed by atoms with Crippen LogP contribution < -0.4 is 15.4 Å². The Morgan fingerprint density at radius 3 is 2.79 bits per heavy atom. The first-order chi connectivity index (χ1) is 18.4. The van der Waals surface area contributed by atoms with Gasteiger partial charge >= 0.3 is 0 Å². The Balaban J connectivity index is 1.29. The highest BCUT2D eigenvalue weighted by Crippen LogP contribution is 2.54. The topological polar surface area (TPSA) is 141 Å². The predicted molar refractivity (Wildman–Crippen MR) is 137 cm³/mol. The average molecular weight is 521 g/mol. The van der Waals surface area contributed by atoms with Crippen LogP contribution in [0, 0.1) is 29.6 Å². The number of carbonyl (C=O) groups excluding carboxylic acids is 4. The molecule has 6 rings (SSSR count). The maximum Gasteiger partial charge on any atom is 0.271 e. The number of aromatic amines is 1. The van der Waals surface area contributed by atoms with Gasteiger partial charge in [-0.05, 0) is 61.1 Å². The number of amides is 3. The van der Waals surface area contributed by atoms with Crippen LogP contribution in [0.15, 0.2) is 36.4 Å². The number of allylic oxidation sites excluding steroid dienone is 2. The highest BCUT2D eigenvalue weighted by Gasteiger charge is 2.58. The minimum atomic E-state index is -0.996. The zero-order valence-corrected chi connectivity index (χ0v) is 21.2. The summed E-state index contributed by atoms with van der Waals surface area (Å²) in [5.74, 6) is -0.523. The first-order valence-electron chi connectivity index (χ1n) is 13.3. The molecule has 1 aromatic carbocycles. The smallest absolute Gasteiger partial charge is 0.271 e. The molecule has 3 amide bonds. The number of carbonyl (C=O) groups is 4. The monoisotopic (exact) mass is 520 g/mol. The van der Waals surface area contributed by atoms with Crippen LogP contribution in [-0.2, 0) is 14.4 Å². The van der Waals surface area contributed by atoms with E-state index in [0.717, 1.165) is 17.3 Å². The van der Waals surface area contributed by atoms with Crippen molar-refractivity contribution in [3.05, 3.63) is 42.1 Å². The summed E-state index contributed by atoms with van der Waals surface area (Å²) in [6, 6.07) is 5.54. The first-order valence-corrected chi connectivity index (χ1v) is 13.3. The van der Waals surface area contributed by atoms with Crippen molar-refractivity contribution >= 4 is 34.4 Å². The molecule has 7 atom stereocenters. The fourth-order valence-electron chi connectivity index (χ4n) is 7.13. The second-order valence-corrected chi connectivity index (χ2v) is 10.9. The number of nitrogens with one attached hydrogen (secondary N) is 3. The molecule has 3 heterocycles. The van der Waals surface area contributed by atoms with Gasteiger partial charge in [0, 0.05) is 29.9 Å². The SMILES string of the molecule is COc1cccc2[nH]c(C(=O)N3CC4C5C=CC(C5)C4C3C(=O)NC(CC3CCNC3=O)C(=O)CO)cc12. The van der Waals surface area contributed by atoms with Gasteiger partial charge in [-0.1, -0.05) is 18.2 Å². The summed E-state index contributed by atoms with van der Waals surface area (Å²) in [6.07, 6.45) is 6.00. The van der Waals surface area contributed by atoms with Crippen LogP contribution in [-0.4, -0.2) is 77.4 Å². The van der Waals surface area contributed by atoms with E-state index in [1.54, 1.807) is 18.1 Å². The number of fused-ring (bicyclic) bond motifs is 6. The fraction of sp³-hybridized carbons (Fsp3) is 0.500. The molecule has 1 saturated carbocycles. The van der Waals surface area contributed by atoms with Gasteiger partial charge in [-0.2, -0.15) is 0 Å². The van der Waals surface area contributed by atoms with Crippen LogP contribution in [0.4, 0.5) is 0 Å². The van der Waals surface area contributed by atoms with Crippen molar-refractivity contribution in [3.8, 4) is 5.75 Å². The Hall–Kier alpha value is -3.66. The molecule has 2 bridgehead atoms. The summed E-state index contributed by atoms with van der Waals surface area (Å²) in [7, 11) is 1.58. The van der Waals surface area contributed by atoms with E-state index in [9.17, 15) is 24.3 Å². The van der Waals surface area contributed by atoms with Crippen LogP contribution in [0.25, 0.3) is 10.9 Å². The predicted octanol–water partition coefficient (Wildman–Crippen LogP) is 1.01. The third-order valence-electron chi connectivity index (χ3n) is 8.94. The van der Waals surface area contributed by atoms with Gasteiger partial charge in [-0.15, -0.1) is 0 Å². The van der Waals surface area contributed by atoms with Crippen LogP contribution in [0.2, 0.25) is 0 Å². The first kappa shape index (κ1) is 24.7. The second-order valence-electron chi connectivity index (χ2n) is 10.9. The van der Waals surface area contributed by atoms with E-state index in [4.69, 9.17) is 4.74 Å². The van der Waals surface area contributed by atoms with Crippen molar-refractivity contribution in [3.63, 3.8) is 0 Å². The third kappa shape index (κ3) is 3.98. The number of H-pyrrole nitrogens is 1. The molecule has 4 aliphatic rings. The molecule has 10 heteroatoms. The molecule has 0 spiro atoms. The van der Waals surface area contributed by atoms with E-state index in [-0.39, 0.29) is 36.0 Å². The molecule has 2 aliphatic carbocycles. The van der Waals surface area contributed by atoms with Crippen LogP contribution in [0.5, 0.6) is 5.75 Å². The summed E-state index contributed by atoms with van der Waals surface area (Å²) in [6.45, 7) is 0.239. The fourth-order valence-corrected chi connectivity index (χ4v) is 7.13. The molecular formula is C28H32N4O6. The number of ketones is 1. The molecule has 1 aromatic heterocycles. The summed E-state index contributed by atoms with van der Waals surface area (Å²) in [5, 5.41) is 15.9. The molecule has 2 aliphatic heterocycles. The zero-order valence-electron chi connectivity index (χ0n) is 21.2. The molecule has 200 valence electrons. The molecule has 0 radical (unpaired) electrons. The van der Waals surface area contributed by atoms with Crippen LogP contribution in [0.3, 0.4) is 0 Å². The number of methoxy groups -OCH3 is 1. The summed E-state index contributed by atoms with van der Waals surface area (Å²) < 4.78 is 5.44. The average Bonchev–Trinajstić information content (AvgIpc) is 3.74. The third-order valence-corrected chi connectivity index (χ3v) is 8.94. The lowest BCUT2D eigenvalue weighted by molar-refractivity contribution is -0.133. The number of hydrogen-bond acceptors (Lipinski definition) is 6. The zero-order chi connectivity index (χ0) is 26.6. The number of aliphatic hydroxyl groups excluding tert-OH is 1. The molecular weight excluding hydrogens is 488 g/mol. The van der Waals surface area contributed by atoms with Crippen LogP contribution in [0.1, 0.15) is 29.8 Å². The van der Waals surface area contributed by atoms with E-state index in [1.807, 2.05) is 18.2 Å². The molecule has 3 fully saturated rings. The van der Waals surface area contributed by atoms with Crippen molar-refractivity contribution in [2.75, 3.05) is 26.8 Å². The van der Waals surface area contributed by atoms with Gasteiger partial charge in [0.25, 0.3) is 5.91 Å². The van der Waals surface area contributed by atoms with E-state index in [1.165, 1.54) is 0 Å². The maximum absolute atomic E-state index is 13.9. The van der Waals surface area contributed by atoms with Gasteiger partial charge < -0.3 is 30.4 Å². The largest absolute Gasteiger partial charge is 0.496 e. The minimum Gasteiger partial charge on any atom is -0.496 e. The molecule has 4 N–H and O–H groups in total. The van der Waals surface area contributed by atoms with Crippen molar-refractivity contribution in [2.24, 2.45) is 29.6 Å². The lowest BCUT2D eigenvalue weighted by Gasteiger charge is -2.30. The highest BCUT2D eigenvalue weighted by molar-refractivity contribution is 6.02. The normalized spacial score (nSPS) is 29.9. The van der Waals surface area contributed by atoms with Crippen molar-refractivity contribution in [1.82, 2.24) is 20.5 Å². The van der Waals surface area contributed by atoms with Gasteiger partial charge in [0.05, 0.1) is 13.2 Å². The van der Waals surface area contributed by atoms with Gasteiger partial charge in [0.15, 0.2) is 5.78 Å². The van der Waals surface area contributed by atoms with Crippen LogP contribution >= 0.6 is 0 Å². The Morgan fingerprint density at radius 2 is 2.05 bits per heavy atom. The number of rotatable bonds is 8. The maximum atomic E-state index is 13.9. The lowest BCUT2D eigenvalue weighted by Crippen LogP contribution is -2.54. The number of Topliss-reactive ketones (excluding diaryl/α,β-unsaturated/α-hetero) is 1. The van der Waals surface area contributed by atoms with Crippen molar-refractivity contribution < 1.29 is 29.0 Å². The molecule has 38 heavy (non-hydrogen) atoms. The molecule has 10 nitrogen and oxygen atoms in total. The Morgan fingerprint density at radius 1 is 1.24 bits per heavy atom. The lowest BCUT2D eigenvalue weighted by atomic mass is 9.81. The Kier molecular flexibility index (Phi) is 6.22. The Bertz CT molecular complexity index is 1330. The van der Waals surface area contributed by atoms with Crippen molar-refractivity contribution in [1.29, 1.82) is 0 Å². The quantitative estimate of drug-likeness (QED) is 0.383. The van der Waals surface area contributed by atoms with Gasteiger partial charge in [-0.3, -0.25) is 19.2 Å². The molecule has 7 unspecified atom stereocenters. The van der Waals surface area contributed by atoms with Crippen molar-refractivity contribution in [2.45, 2.75) is 31.3 Å². The number of aliphatic hydroxyl groups is 1. The number of hydrogen-bond donors (Lipinski definition) is 4. The minimum absolute atomic E-state index is 0.0486. The summed E-state index contributed by atoms with van der Waals surface area (Å²) in [4.78, 5) is 57.3. The van der Waals surface area contributed by atoms with Gasteiger partial charge in [0.2, 0.25) is 11.8 Å². The molecule has 2 aromatic rings. The summed E-state index contributed by atoms with van der Waals surface area (Å²) >= 11 is 0. The highest BCUT2D eigenvalue weighted by atomic mass is 16.5. The Labute approximate surface area is 219 Å². The number of likely N-dealkylation sites (tertiary alicyclic amines) is 1. The van der Waals surface area contributed by atoms with Gasteiger partial charge in [-0.25, -0.2) is 0 Å². The van der Waals surface area contributed by atoms with E-state index >= 15 is 0 Å². The van der Waals surface area contributed by atoms with E-state index in [0.29, 0.717) is 36.9 Å². The molecule has 2 saturated heterocycles. The standard InChI is InChI=1S/C28H32N4O6/c1-38-23-4-2-3-19-17(23)11-21(30-19)28(37)32-12-18-14-5-6-15(9-14)24(18)25(32)27(36)31-20(22(34)13-33)10-16-7-8-29-26(16)35/h2-6,11,14-16,18,20,24-25,30,33H,7-10,12-13H2,1H3,(H,29,35)(H,31,36).